The van der Waals surface area contributed by atoms with Gasteiger partial charge in [-0.15, -0.1) is 16.4 Å². The van der Waals surface area contributed by atoms with Crippen LogP contribution in [0.25, 0.3) is 22.6 Å². The number of nitrogens with zero attached hydrogens (tertiary/aromatic N) is 5. The molecule has 8 heteroatoms. The maximum absolute atomic E-state index is 13.8. The molecule has 0 saturated carbocycles. The highest BCUT2D eigenvalue weighted by Crippen LogP contribution is 2.24. The minimum atomic E-state index is -0.143. The number of benzene rings is 3. The van der Waals surface area contributed by atoms with Crippen molar-refractivity contribution in [2.75, 3.05) is 0 Å². The largest absolute Gasteiger partial charge is 0.508 e. The number of aromatic hydroxyl groups is 1. The SMILES string of the molecule is Cc1c(-n2c(-c3ccccc3)cs/c2=N/N=C/c2ccc(O)cc2)c(=O)n(-c2ccccc2)n1C. The van der Waals surface area contributed by atoms with Crippen LogP contribution >= 0.6 is 11.3 Å². The highest BCUT2D eigenvalue weighted by atomic mass is 32.1. The molecule has 0 aliphatic rings. The van der Waals surface area contributed by atoms with Crippen molar-refractivity contribution in [3.63, 3.8) is 0 Å². The standard InChI is InChI=1S/C27H23N5O2S/c1-19-25(26(34)32(30(19)2)22-11-7-4-8-12-22)31-24(21-9-5-3-6-10-21)18-35-27(31)29-28-17-20-13-15-23(33)16-14-20/h3-18,33H,1-2H3/b28-17+,29-27+. The Kier molecular flexibility index (Phi) is 6.03. The lowest BCUT2D eigenvalue weighted by molar-refractivity contribution is 0.475. The Morgan fingerprint density at radius 3 is 2.26 bits per heavy atom. The van der Waals surface area contributed by atoms with E-state index >= 15 is 0 Å². The Balaban J connectivity index is 1.72. The summed E-state index contributed by atoms with van der Waals surface area (Å²) in [6, 6.07) is 26.2. The van der Waals surface area contributed by atoms with Crippen molar-refractivity contribution in [1.82, 2.24) is 13.9 Å². The summed E-state index contributed by atoms with van der Waals surface area (Å²) in [7, 11) is 1.88. The smallest absolute Gasteiger partial charge is 0.296 e. The van der Waals surface area contributed by atoms with E-state index < -0.39 is 0 Å². The summed E-state index contributed by atoms with van der Waals surface area (Å²) in [5.41, 5.74) is 4.61. The second kappa shape index (κ2) is 9.44. The fraction of sp³-hybridized carbons (Fsp3) is 0.0741. The van der Waals surface area contributed by atoms with Crippen LogP contribution in [0.1, 0.15) is 11.3 Å². The number of rotatable bonds is 5. The second-order valence-corrected chi connectivity index (χ2v) is 8.79. The molecular weight excluding hydrogens is 458 g/mol. The van der Waals surface area contributed by atoms with Gasteiger partial charge in [-0.1, -0.05) is 48.5 Å². The molecule has 0 fully saturated rings. The number of hydrogen-bond acceptors (Lipinski definition) is 5. The second-order valence-electron chi connectivity index (χ2n) is 7.95. The van der Waals surface area contributed by atoms with Crippen LogP contribution in [0, 0.1) is 6.92 Å². The van der Waals surface area contributed by atoms with Gasteiger partial charge < -0.3 is 5.11 Å². The highest BCUT2D eigenvalue weighted by molar-refractivity contribution is 7.07. The van der Waals surface area contributed by atoms with Gasteiger partial charge in [0, 0.05) is 12.4 Å². The molecule has 5 rings (SSSR count). The number of phenols is 1. The number of phenolic OH excluding ortho intramolecular Hbond substituents is 1. The summed E-state index contributed by atoms with van der Waals surface area (Å²) >= 11 is 1.42. The van der Waals surface area contributed by atoms with Crippen LogP contribution in [0.15, 0.2) is 105 Å². The zero-order chi connectivity index (χ0) is 24.4. The highest BCUT2D eigenvalue weighted by Gasteiger charge is 2.21. The van der Waals surface area contributed by atoms with Gasteiger partial charge in [0.1, 0.15) is 11.4 Å². The predicted octanol–water partition coefficient (Wildman–Crippen LogP) is 4.64. The lowest BCUT2D eigenvalue weighted by atomic mass is 10.1. The van der Waals surface area contributed by atoms with Crippen LogP contribution in [-0.4, -0.2) is 25.3 Å². The Bertz CT molecular complexity index is 1620. The number of thiazole rings is 1. The third kappa shape index (κ3) is 4.27. The molecule has 1 N–H and O–H groups in total. The molecule has 5 aromatic rings. The molecule has 2 heterocycles. The minimum Gasteiger partial charge on any atom is -0.508 e. The van der Waals surface area contributed by atoms with E-state index in [4.69, 9.17) is 0 Å². The van der Waals surface area contributed by atoms with Crippen LogP contribution in [-0.2, 0) is 7.05 Å². The Morgan fingerprint density at radius 2 is 1.57 bits per heavy atom. The van der Waals surface area contributed by atoms with E-state index in [9.17, 15) is 9.90 Å². The molecule has 0 bridgehead atoms. The van der Waals surface area contributed by atoms with Gasteiger partial charge >= 0.3 is 0 Å². The molecule has 7 nitrogen and oxygen atoms in total. The Morgan fingerprint density at radius 1 is 0.914 bits per heavy atom. The van der Waals surface area contributed by atoms with Crippen molar-refractivity contribution in [2.45, 2.75) is 6.92 Å². The van der Waals surface area contributed by atoms with E-state index in [2.05, 4.69) is 10.2 Å². The van der Waals surface area contributed by atoms with Crippen molar-refractivity contribution in [3.8, 4) is 28.4 Å². The number of para-hydroxylation sites is 1. The van der Waals surface area contributed by atoms with Crippen LogP contribution in [0.4, 0.5) is 0 Å². The molecular formula is C27H23N5O2S. The molecule has 0 atom stereocenters. The molecule has 2 aromatic heterocycles. The number of aromatic nitrogens is 3. The molecule has 0 aliphatic heterocycles. The summed E-state index contributed by atoms with van der Waals surface area (Å²) in [5.74, 6) is 0.192. The molecule has 3 aromatic carbocycles. The van der Waals surface area contributed by atoms with Crippen LogP contribution in [0.5, 0.6) is 5.75 Å². The summed E-state index contributed by atoms with van der Waals surface area (Å²) in [6.07, 6.45) is 1.62. The van der Waals surface area contributed by atoms with Gasteiger partial charge in [0.25, 0.3) is 5.56 Å². The first-order valence-corrected chi connectivity index (χ1v) is 11.9. The van der Waals surface area contributed by atoms with Crippen LogP contribution < -0.4 is 10.4 Å². The van der Waals surface area contributed by atoms with E-state index in [0.29, 0.717) is 10.5 Å². The zero-order valence-corrected chi connectivity index (χ0v) is 20.1. The molecule has 0 spiro atoms. The van der Waals surface area contributed by atoms with Gasteiger partial charge in [0.15, 0.2) is 0 Å². The van der Waals surface area contributed by atoms with E-state index in [1.54, 1.807) is 35.2 Å². The third-order valence-corrected chi connectivity index (χ3v) is 6.58. The van der Waals surface area contributed by atoms with Gasteiger partial charge in [-0.05, 0) is 54.4 Å². The molecule has 0 saturated heterocycles. The summed E-state index contributed by atoms with van der Waals surface area (Å²) in [6.45, 7) is 1.93. The molecule has 0 radical (unpaired) electrons. The van der Waals surface area contributed by atoms with Gasteiger partial charge in [0.05, 0.1) is 23.3 Å². The average Bonchev–Trinajstić information content (AvgIpc) is 3.39. The van der Waals surface area contributed by atoms with E-state index in [1.165, 1.54) is 11.3 Å². The van der Waals surface area contributed by atoms with Crippen molar-refractivity contribution >= 4 is 17.6 Å². The van der Waals surface area contributed by atoms with Crippen molar-refractivity contribution in [1.29, 1.82) is 0 Å². The lowest BCUT2D eigenvalue weighted by Crippen LogP contribution is -2.24. The van der Waals surface area contributed by atoms with E-state index in [1.807, 2.05) is 89.3 Å². The predicted molar refractivity (Wildman–Crippen MR) is 140 cm³/mol. The monoisotopic (exact) mass is 481 g/mol. The first-order valence-electron chi connectivity index (χ1n) is 11.0. The first-order chi connectivity index (χ1) is 17.0. The van der Waals surface area contributed by atoms with Gasteiger partial charge in [0.2, 0.25) is 4.80 Å². The summed E-state index contributed by atoms with van der Waals surface area (Å²) in [5, 5.41) is 20.2. The molecule has 0 amide bonds. The fourth-order valence-electron chi connectivity index (χ4n) is 3.92. The minimum absolute atomic E-state index is 0.143. The van der Waals surface area contributed by atoms with Crippen molar-refractivity contribution in [2.24, 2.45) is 17.3 Å². The Labute approximate surface area is 205 Å². The maximum Gasteiger partial charge on any atom is 0.296 e. The van der Waals surface area contributed by atoms with Crippen LogP contribution in [0.3, 0.4) is 0 Å². The average molecular weight is 482 g/mol. The van der Waals surface area contributed by atoms with E-state index in [0.717, 1.165) is 28.2 Å². The number of hydrogen-bond donors (Lipinski definition) is 1. The zero-order valence-electron chi connectivity index (χ0n) is 19.2. The first kappa shape index (κ1) is 22.4. The van der Waals surface area contributed by atoms with Crippen molar-refractivity contribution < 1.29 is 5.11 Å². The summed E-state index contributed by atoms with van der Waals surface area (Å²) < 4.78 is 5.40. The quantitative estimate of drug-likeness (QED) is 0.293. The molecule has 0 aliphatic carbocycles. The maximum atomic E-state index is 13.8. The molecule has 0 unspecified atom stereocenters. The summed E-state index contributed by atoms with van der Waals surface area (Å²) in [4.78, 5) is 14.4. The van der Waals surface area contributed by atoms with Crippen molar-refractivity contribution in [3.05, 3.63) is 117 Å². The van der Waals surface area contributed by atoms with Gasteiger partial charge in [-0.2, -0.15) is 5.10 Å². The topological polar surface area (TPSA) is 76.8 Å². The van der Waals surface area contributed by atoms with Crippen LogP contribution in [0.2, 0.25) is 0 Å². The third-order valence-electron chi connectivity index (χ3n) is 5.77. The molecule has 174 valence electrons. The lowest BCUT2D eigenvalue weighted by Gasteiger charge is -2.08. The fourth-order valence-corrected chi connectivity index (χ4v) is 4.77. The van der Waals surface area contributed by atoms with Gasteiger partial charge in [-0.25, -0.2) is 4.68 Å². The molecule has 35 heavy (non-hydrogen) atoms. The Hall–Kier alpha value is -4.43. The normalized spacial score (nSPS) is 12.0. The van der Waals surface area contributed by atoms with Gasteiger partial charge in [-0.3, -0.25) is 14.0 Å². The van der Waals surface area contributed by atoms with E-state index in [-0.39, 0.29) is 11.3 Å².